The number of aromatic nitrogens is 2. The molecule has 0 saturated heterocycles. The van der Waals surface area contributed by atoms with Crippen LogP contribution in [0.5, 0.6) is 0 Å². The summed E-state index contributed by atoms with van der Waals surface area (Å²) in [4.78, 5) is 0. The molecule has 0 aliphatic carbocycles. The van der Waals surface area contributed by atoms with Crippen LogP contribution in [0.1, 0.15) is 22.3 Å². The Balaban J connectivity index is 0.809. The smallest absolute Gasteiger partial charge is 0.0631 e. The van der Waals surface area contributed by atoms with Crippen LogP contribution in [0.2, 0.25) is 0 Å². The van der Waals surface area contributed by atoms with Gasteiger partial charge in [-0.1, -0.05) is 164 Å². The highest BCUT2D eigenvalue weighted by molar-refractivity contribution is 6.09. The van der Waals surface area contributed by atoms with Gasteiger partial charge in [0.25, 0.3) is 0 Å². The molecule has 0 amide bonds. The highest BCUT2D eigenvalue weighted by Crippen LogP contribution is 2.33. The summed E-state index contributed by atoms with van der Waals surface area (Å²) in [5, 5.41) is 4.85. The third kappa shape index (κ3) is 5.66. The number of rotatable bonds is 7. The van der Waals surface area contributed by atoms with Gasteiger partial charge >= 0.3 is 0 Å². The summed E-state index contributed by atoms with van der Waals surface area (Å²) in [6.45, 7) is 0. The van der Waals surface area contributed by atoms with Gasteiger partial charge in [-0.25, -0.2) is 0 Å². The van der Waals surface area contributed by atoms with Crippen molar-refractivity contribution in [3.63, 3.8) is 0 Å². The van der Waals surface area contributed by atoms with Crippen LogP contribution < -0.4 is 0 Å². The molecule has 2 heteroatoms. The van der Waals surface area contributed by atoms with Gasteiger partial charge < -0.3 is 9.13 Å². The number of nitrogens with zero attached hydrogens (tertiary/aromatic N) is 2. The van der Waals surface area contributed by atoms with Crippen molar-refractivity contribution in [2.24, 2.45) is 0 Å². The zero-order valence-corrected chi connectivity index (χ0v) is 29.5. The van der Waals surface area contributed by atoms with Gasteiger partial charge in [0.2, 0.25) is 0 Å². The van der Waals surface area contributed by atoms with Crippen molar-refractivity contribution in [1.29, 1.82) is 0 Å². The lowest BCUT2D eigenvalue weighted by atomic mass is 10.0. The minimum atomic E-state index is 1.10. The second-order valence-corrected chi connectivity index (χ2v) is 13.7. The molecule has 0 spiro atoms. The summed E-state index contributed by atoms with van der Waals surface area (Å²) < 4.78 is 4.65. The third-order valence-electron chi connectivity index (χ3n) is 10.4. The van der Waals surface area contributed by atoms with E-state index in [1.807, 2.05) is 6.07 Å². The largest absolute Gasteiger partial charge is 0.309 e. The van der Waals surface area contributed by atoms with Crippen LogP contribution >= 0.6 is 0 Å². The Labute approximate surface area is 314 Å². The van der Waals surface area contributed by atoms with Gasteiger partial charge in [-0.05, 0) is 88.0 Å². The van der Waals surface area contributed by atoms with Crippen molar-refractivity contribution in [3.8, 4) is 22.5 Å². The van der Waals surface area contributed by atoms with Crippen molar-refractivity contribution in [3.05, 3.63) is 216 Å². The van der Waals surface area contributed by atoms with E-state index in [0.29, 0.717) is 0 Å². The quantitative estimate of drug-likeness (QED) is 0.148. The van der Waals surface area contributed by atoms with Gasteiger partial charge in [-0.3, -0.25) is 0 Å². The molecule has 2 aromatic heterocycles. The molecular formula is C52H34N2. The Kier molecular flexibility index (Phi) is 7.75. The maximum atomic E-state index is 3.31. The van der Waals surface area contributed by atoms with Crippen molar-refractivity contribution >= 4 is 67.9 Å². The first-order valence-corrected chi connectivity index (χ1v) is 18.3. The summed E-state index contributed by atoms with van der Waals surface area (Å²) in [6.07, 6.45) is 8.71. The Morgan fingerprint density at radius 3 is 1.17 bits per heavy atom. The van der Waals surface area contributed by atoms with Crippen LogP contribution in [0.4, 0.5) is 0 Å². The van der Waals surface area contributed by atoms with E-state index in [0.717, 1.165) is 22.2 Å². The molecule has 10 rings (SSSR count). The van der Waals surface area contributed by atoms with Gasteiger partial charge in [-0.15, -0.1) is 0 Å². The zero-order chi connectivity index (χ0) is 35.8. The molecule has 0 aliphatic rings. The molecule has 0 radical (unpaired) electrons. The molecule has 0 N–H and O–H groups in total. The standard InChI is InChI=1S/C52H34N2/c1-5-13-49-45(9-1)46-10-2-6-14-50(46)53(49)43-33-25-39(26-34-43)19-17-37-21-29-41(30-22-37)42-31-23-38(24-32-42)18-20-40-27-35-44(36-28-40)54-51-15-7-3-11-47(51)48-12-4-8-16-52(48)54/h1-3,5-11,13-36H/b19-17+,20-18+. The van der Waals surface area contributed by atoms with Crippen molar-refractivity contribution in [2.45, 2.75) is 0 Å². The number of fused-ring (bicyclic) bond motifs is 6. The van der Waals surface area contributed by atoms with E-state index in [9.17, 15) is 0 Å². The maximum absolute atomic E-state index is 3.31. The van der Waals surface area contributed by atoms with Gasteiger partial charge in [0.1, 0.15) is 0 Å². The fourth-order valence-electron chi connectivity index (χ4n) is 7.69. The lowest BCUT2D eigenvalue weighted by molar-refractivity contribution is 1.18. The second kappa shape index (κ2) is 13.3. The van der Waals surface area contributed by atoms with Gasteiger partial charge in [0, 0.05) is 27.5 Å². The molecule has 0 aliphatic heterocycles. The van der Waals surface area contributed by atoms with Crippen molar-refractivity contribution in [1.82, 2.24) is 9.13 Å². The Hall–Kier alpha value is -7.34. The first kappa shape index (κ1) is 31.4. The molecule has 2 heterocycles. The van der Waals surface area contributed by atoms with E-state index in [2.05, 4.69) is 221 Å². The molecule has 54 heavy (non-hydrogen) atoms. The molecule has 252 valence electrons. The van der Waals surface area contributed by atoms with E-state index in [1.54, 1.807) is 0 Å². The predicted octanol–water partition coefficient (Wildman–Crippen LogP) is 13.5. The SMILES string of the molecule is c1ccc2c(c#1)c1ccccc1n2-c1ccc(/C=C/c2ccc(-c3ccc(/C=C/c4ccc(-n5c6ccccc6c6ccccc65)cc4)cc3)cc2)cc1. The number of benzene rings is 7. The third-order valence-corrected chi connectivity index (χ3v) is 10.4. The Morgan fingerprint density at radius 1 is 0.333 bits per heavy atom. The molecule has 0 bridgehead atoms. The van der Waals surface area contributed by atoms with Crippen LogP contribution in [-0.4, -0.2) is 9.13 Å². The zero-order valence-electron chi connectivity index (χ0n) is 29.5. The van der Waals surface area contributed by atoms with Crippen LogP contribution in [0, 0.1) is 12.1 Å². The van der Waals surface area contributed by atoms with Crippen molar-refractivity contribution in [2.75, 3.05) is 0 Å². The summed E-state index contributed by atoms with van der Waals surface area (Å²) >= 11 is 0. The van der Waals surface area contributed by atoms with Gasteiger partial charge in [0.15, 0.2) is 0 Å². The topological polar surface area (TPSA) is 9.86 Å². The minimum Gasteiger partial charge on any atom is -0.309 e. The Morgan fingerprint density at radius 2 is 0.704 bits per heavy atom. The van der Waals surface area contributed by atoms with Crippen molar-refractivity contribution < 1.29 is 0 Å². The summed E-state index contributed by atoms with van der Waals surface area (Å²) in [5.41, 5.74) is 14.1. The van der Waals surface area contributed by atoms with Crippen LogP contribution in [-0.2, 0) is 0 Å². The van der Waals surface area contributed by atoms with Gasteiger partial charge in [-0.2, -0.15) is 0 Å². The molecule has 10 aromatic rings. The van der Waals surface area contributed by atoms with E-state index >= 15 is 0 Å². The monoisotopic (exact) mass is 686 g/mol. The van der Waals surface area contributed by atoms with E-state index in [-0.39, 0.29) is 0 Å². The van der Waals surface area contributed by atoms with E-state index < -0.39 is 0 Å². The summed E-state index contributed by atoms with van der Waals surface area (Å²) in [7, 11) is 0. The molecule has 0 atom stereocenters. The maximum Gasteiger partial charge on any atom is 0.0631 e. The fraction of sp³-hybridized carbons (Fsp3) is 0. The van der Waals surface area contributed by atoms with Crippen LogP contribution in [0.15, 0.2) is 182 Å². The molecule has 0 fully saturated rings. The predicted molar refractivity (Wildman–Crippen MR) is 229 cm³/mol. The highest BCUT2D eigenvalue weighted by atomic mass is 15.0. The van der Waals surface area contributed by atoms with Gasteiger partial charge in [0.05, 0.1) is 27.5 Å². The lowest BCUT2D eigenvalue weighted by Crippen LogP contribution is -1.93. The molecule has 8 aromatic carbocycles. The Bertz CT molecular complexity index is 2670. The van der Waals surface area contributed by atoms with E-state index in [4.69, 9.17) is 0 Å². The minimum absolute atomic E-state index is 1.10. The average Bonchev–Trinajstić information content (AvgIpc) is 3.76. The first-order valence-electron chi connectivity index (χ1n) is 18.3. The number of hydrogen-bond donors (Lipinski definition) is 0. The average molecular weight is 687 g/mol. The fourth-order valence-corrected chi connectivity index (χ4v) is 7.69. The number of para-hydroxylation sites is 3. The molecule has 0 unspecified atom stereocenters. The highest BCUT2D eigenvalue weighted by Gasteiger charge is 2.12. The molecule has 0 saturated carbocycles. The van der Waals surface area contributed by atoms with Crippen LogP contribution in [0.25, 0.3) is 90.4 Å². The normalized spacial score (nSPS) is 11.8. The van der Waals surface area contributed by atoms with Crippen LogP contribution in [0.3, 0.4) is 0 Å². The van der Waals surface area contributed by atoms with E-state index in [1.165, 1.54) is 66.2 Å². The molecule has 2 nitrogen and oxygen atoms in total. The summed E-state index contributed by atoms with van der Waals surface area (Å²) in [6, 6.07) is 71.3. The first-order chi connectivity index (χ1) is 26.8. The lowest BCUT2D eigenvalue weighted by Gasteiger charge is -2.08. The second-order valence-electron chi connectivity index (χ2n) is 13.7. The molecular weight excluding hydrogens is 653 g/mol. The summed E-state index contributed by atoms with van der Waals surface area (Å²) in [5.74, 6) is 0. The number of hydrogen-bond acceptors (Lipinski definition) is 0.